The SMILES string of the molecule is C=CCOCCCCOS(=O)(=O)c1ccc(C)cc1. The van der Waals surface area contributed by atoms with Gasteiger partial charge in [0, 0.05) is 6.61 Å². The third kappa shape index (κ3) is 6.00. The Morgan fingerprint density at radius 3 is 2.42 bits per heavy atom. The van der Waals surface area contributed by atoms with Crippen LogP contribution in [0.2, 0.25) is 0 Å². The summed E-state index contributed by atoms with van der Waals surface area (Å²) in [6, 6.07) is 6.61. The normalized spacial score (nSPS) is 11.4. The number of unbranched alkanes of at least 4 members (excludes halogenated alkanes) is 1. The lowest BCUT2D eigenvalue weighted by molar-refractivity contribution is 0.152. The molecule has 5 heteroatoms. The molecule has 0 aliphatic rings. The van der Waals surface area contributed by atoms with Crippen LogP contribution in [-0.4, -0.2) is 28.2 Å². The lowest BCUT2D eigenvalue weighted by Crippen LogP contribution is -2.08. The maximum Gasteiger partial charge on any atom is 0.296 e. The number of ether oxygens (including phenoxy) is 1. The average molecular weight is 284 g/mol. The van der Waals surface area contributed by atoms with Gasteiger partial charge in [0.25, 0.3) is 10.1 Å². The van der Waals surface area contributed by atoms with Crippen LogP contribution in [0.4, 0.5) is 0 Å². The Bertz CT molecular complexity index is 477. The van der Waals surface area contributed by atoms with Crippen molar-refractivity contribution in [3.63, 3.8) is 0 Å². The Morgan fingerprint density at radius 1 is 1.16 bits per heavy atom. The van der Waals surface area contributed by atoms with E-state index in [1.54, 1.807) is 30.3 Å². The van der Waals surface area contributed by atoms with Crippen molar-refractivity contribution in [1.29, 1.82) is 0 Å². The summed E-state index contributed by atoms with van der Waals surface area (Å²) in [6.45, 7) is 6.71. The molecule has 0 radical (unpaired) electrons. The van der Waals surface area contributed by atoms with E-state index in [0.717, 1.165) is 12.0 Å². The number of hydrogen-bond acceptors (Lipinski definition) is 4. The maximum absolute atomic E-state index is 11.8. The molecule has 4 nitrogen and oxygen atoms in total. The molecule has 0 aromatic heterocycles. The second-order valence-corrected chi connectivity index (χ2v) is 5.78. The van der Waals surface area contributed by atoms with Crippen molar-refractivity contribution >= 4 is 10.1 Å². The first-order valence-electron chi connectivity index (χ1n) is 6.21. The summed E-state index contributed by atoms with van der Waals surface area (Å²) in [5, 5.41) is 0. The minimum Gasteiger partial charge on any atom is -0.377 e. The molecular weight excluding hydrogens is 264 g/mol. The van der Waals surface area contributed by atoms with Crippen molar-refractivity contribution in [2.45, 2.75) is 24.7 Å². The quantitative estimate of drug-likeness (QED) is 0.397. The molecule has 0 aliphatic heterocycles. The zero-order valence-corrected chi connectivity index (χ0v) is 12.0. The lowest BCUT2D eigenvalue weighted by Gasteiger charge is -2.06. The van der Waals surface area contributed by atoms with E-state index >= 15 is 0 Å². The summed E-state index contributed by atoms with van der Waals surface area (Å²) in [5.74, 6) is 0. The molecule has 0 bridgehead atoms. The van der Waals surface area contributed by atoms with Crippen LogP contribution < -0.4 is 0 Å². The van der Waals surface area contributed by atoms with Crippen LogP contribution in [0.25, 0.3) is 0 Å². The summed E-state index contributed by atoms with van der Waals surface area (Å²) in [7, 11) is -3.63. The van der Waals surface area contributed by atoms with Gasteiger partial charge in [-0.2, -0.15) is 8.42 Å². The van der Waals surface area contributed by atoms with Crippen LogP contribution in [-0.2, 0) is 19.0 Å². The van der Waals surface area contributed by atoms with Crippen molar-refractivity contribution < 1.29 is 17.3 Å². The number of aryl methyl sites for hydroxylation is 1. The van der Waals surface area contributed by atoms with E-state index in [1.165, 1.54) is 0 Å². The van der Waals surface area contributed by atoms with E-state index in [9.17, 15) is 8.42 Å². The second kappa shape index (κ2) is 8.09. The molecule has 0 amide bonds. The second-order valence-electron chi connectivity index (χ2n) is 4.16. The van der Waals surface area contributed by atoms with Crippen molar-refractivity contribution in [3.8, 4) is 0 Å². The molecule has 0 heterocycles. The van der Waals surface area contributed by atoms with Gasteiger partial charge in [-0.15, -0.1) is 6.58 Å². The molecule has 1 rings (SSSR count). The molecule has 0 spiro atoms. The molecule has 0 aliphatic carbocycles. The standard InChI is InChI=1S/C14H20O4S/c1-3-10-17-11-4-5-12-18-19(15,16)14-8-6-13(2)7-9-14/h3,6-9H,1,4-5,10-12H2,2H3. The molecule has 0 fully saturated rings. The summed E-state index contributed by atoms with van der Waals surface area (Å²) in [5.41, 5.74) is 1.01. The van der Waals surface area contributed by atoms with Gasteiger partial charge >= 0.3 is 0 Å². The minimum atomic E-state index is -3.63. The Kier molecular flexibility index (Phi) is 6.77. The summed E-state index contributed by atoms with van der Waals surface area (Å²) in [4.78, 5) is 0.195. The Balaban J connectivity index is 2.31. The molecular formula is C14H20O4S. The lowest BCUT2D eigenvalue weighted by atomic mass is 10.2. The van der Waals surface area contributed by atoms with Gasteiger partial charge in [-0.1, -0.05) is 23.8 Å². The number of hydrogen-bond donors (Lipinski definition) is 0. The smallest absolute Gasteiger partial charge is 0.296 e. The van der Waals surface area contributed by atoms with Crippen LogP contribution in [0.3, 0.4) is 0 Å². The highest BCUT2D eigenvalue weighted by molar-refractivity contribution is 7.86. The maximum atomic E-state index is 11.8. The molecule has 1 aromatic carbocycles. The van der Waals surface area contributed by atoms with Gasteiger partial charge < -0.3 is 4.74 Å². The molecule has 0 unspecified atom stereocenters. The largest absolute Gasteiger partial charge is 0.377 e. The van der Waals surface area contributed by atoms with Gasteiger partial charge in [0.15, 0.2) is 0 Å². The third-order valence-corrected chi connectivity index (χ3v) is 3.79. The van der Waals surface area contributed by atoms with Crippen LogP contribution >= 0.6 is 0 Å². The van der Waals surface area contributed by atoms with E-state index in [1.807, 2.05) is 6.92 Å². The molecule has 106 valence electrons. The number of benzene rings is 1. The van der Waals surface area contributed by atoms with Gasteiger partial charge in [0.2, 0.25) is 0 Å². The van der Waals surface area contributed by atoms with Gasteiger partial charge in [-0.05, 0) is 31.9 Å². The zero-order valence-electron chi connectivity index (χ0n) is 11.2. The first-order valence-corrected chi connectivity index (χ1v) is 7.62. The Labute approximate surface area is 115 Å². The highest BCUT2D eigenvalue weighted by Gasteiger charge is 2.14. The fraction of sp³-hybridized carbons (Fsp3) is 0.429. The first kappa shape index (κ1) is 15.9. The average Bonchev–Trinajstić information content (AvgIpc) is 2.38. The molecule has 0 atom stereocenters. The van der Waals surface area contributed by atoms with E-state index in [2.05, 4.69) is 6.58 Å². The highest BCUT2D eigenvalue weighted by Crippen LogP contribution is 2.13. The first-order chi connectivity index (χ1) is 9.06. The van der Waals surface area contributed by atoms with E-state index in [-0.39, 0.29) is 11.5 Å². The summed E-state index contributed by atoms with van der Waals surface area (Å²) in [6.07, 6.45) is 3.08. The predicted octanol–water partition coefficient (Wildman–Crippen LogP) is 2.68. The van der Waals surface area contributed by atoms with Crippen molar-refractivity contribution in [3.05, 3.63) is 42.5 Å². The summed E-state index contributed by atoms with van der Waals surface area (Å²) < 4.78 is 33.8. The fourth-order valence-electron chi connectivity index (χ4n) is 1.41. The molecule has 0 saturated carbocycles. The van der Waals surface area contributed by atoms with Gasteiger partial charge in [0.05, 0.1) is 18.1 Å². The van der Waals surface area contributed by atoms with E-state index in [0.29, 0.717) is 19.6 Å². The predicted molar refractivity (Wildman–Crippen MR) is 74.6 cm³/mol. The fourth-order valence-corrected chi connectivity index (χ4v) is 2.36. The Morgan fingerprint density at radius 2 is 1.79 bits per heavy atom. The van der Waals surface area contributed by atoms with Crippen LogP contribution in [0, 0.1) is 6.92 Å². The molecule has 0 saturated heterocycles. The third-order valence-electron chi connectivity index (χ3n) is 2.47. The molecule has 0 N–H and O–H groups in total. The van der Waals surface area contributed by atoms with Crippen LogP contribution in [0.1, 0.15) is 18.4 Å². The van der Waals surface area contributed by atoms with Crippen LogP contribution in [0.5, 0.6) is 0 Å². The number of rotatable bonds is 9. The van der Waals surface area contributed by atoms with E-state index < -0.39 is 10.1 Å². The van der Waals surface area contributed by atoms with Crippen molar-refractivity contribution in [2.75, 3.05) is 19.8 Å². The minimum absolute atomic E-state index is 0.174. The van der Waals surface area contributed by atoms with Crippen molar-refractivity contribution in [2.24, 2.45) is 0 Å². The monoisotopic (exact) mass is 284 g/mol. The molecule has 1 aromatic rings. The van der Waals surface area contributed by atoms with Gasteiger partial charge in [-0.3, -0.25) is 4.18 Å². The van der Waals surface area contributed by atoms with Gasteiger partial charge in [0.1, 0.15) is 0 Å². The van der Waals surface area contributed by atoms with Gasteiger partial charge in [-0.25, -0.2) is 0 Å². The Hall–Kier alpha value is -1.17. The highest BCUT2D eigenvalue weighted by atomic mass is 32.2. The molecule has 19 heavy (non-hydrogen) atoms. The van der Waals surface area contributed by atoms with Crippen LogP contribution in [0.15, 0.2) is 41.8 Å². The topological polar surface area (TPSA) is 52.6 Å². The van der Waals surface area contributed by atoms with Crippen molar-refractivity contribution in [1.82, 2.24) is 0 Å². The summed E-state index contributed by atoms with van der Waals surface area (Å²) >= 11 is 0. The zero-order chi connectivity index (χ0) is 14.1. The van der Waals surface area contributed by atoms with E-state index in [4.69, 9.17) is 8.92 Å².